The van der Waals surface area contributed by atoms with E-state index in [1.165, 1.54) is 32.3 Å². The molecule has 43 heavy (non-hydrogen) atoms. The van der Waals surface area contributed by atoms with Crippen LogP contribution in [0.1, 0.15) is 50.6 Å². The van der Waals surface area contributed by atoms with Gasteiger partial charge in [0.15, 0.2) is 11.6 Å². The van der Waals surface area contributed by atoms with Crippen LogP contribution < -0.4 is 4.90 Å². The Bertz CT molecular complexity index is 2110. The van der Waals surface area contributed by atoms with E-state index in [2.05, 4.69) is 110 Å². The Hall–Kier alpha value is -5.06. The summed E-state index contributed by atoms with van der Waals surface area (Å²) in [5.74, 6) is -0.374. The number of allylic oxidation sites excluding steroid dienone is 1. The monoisotopic (exact) mass is 573 g/mol. The first kappa shape index (κ1) is 25.6. The van der Waals surface area contributed by atoms with Gasteiger partial charge in [-0.1, -0.05) is 98.8 Å². The third kappa shape index (κ3) is 3.87. The van der Waals surface area contributed by atoms with Crippen molar-refractivity contribution in [2.45, 2.75) is 19.3 Å². The smallest absolute Gasteiger partial charge is 0.197 e. The van der Waals surface area contributed by atoms with Crippen molar-refractivity contribution in [3.63, 3.8) is 0 Å². The molecule has 2 aliphatic rings. The van der Waals surface area contributed by atoms with E-state index in [-0.39, 0.29) is 22.6 Å². The van der Waals surface area contributed by atoms with E-state index in [4.69, 9.17) is 0 Å². The van der Waals surface area contributed by atoms with Gasteiger partial charge in [0.25, 0.3) is 0 Å². The van der Waals surface area contributed by atoms with Crippen molar-refractivity contribution in [2.24, 2.45) is 0 Å². The Morgan fingerprint density at radius 2 is 1.30 bits per heavy atom. The molecule has 0 aliphatic heterocycles. The van der Waals surface area contributed by atoms with Crippen LogP contribution in [-0.2, 0) is 5.41 Å². The van der Waals surface area contributed by atoms with Crippen LogP contribution in [0.4, 0.5) is 17.1 Å². The van der Waals surface area contributed by atoms with Crippen LogP contribution in [0.2, 0.25) is 0 Å². The number of rotatable bonds is 4. The molecule has 0 atom stereocenters. The molecule has 0 spiro atoms. The lowest BCUT2D eigenvalue weighted by Crippen LogP contribution is -2.16. The number of ketones is 2. The minimum Gasteiger partial charge on any atom is -0.310 e. The molecule has 0 saturated heterocycles. The van der Waals surface area contributed by atoms with Gasteiger partial charge in [0.1, 0.15) is 0 Å². The van der Waals surface area contributed by atoms with Crippen molar-refractivity contribution < 1.29 is 9.59 Å². The van der Waals surface area contributed by atoms with E-state index >= 15 is 0 Å². The predicted molar refractivity (Wildman–Crippen MR) is 177 cm³/mol. The van der Waals surface area contributed by atoms with Crippen molar-refractivity contribution >= 4 is 56.8 Å². The molecule has 8 rings (SSSR count). The number of thiophene rings is 1. The number of fused-ring (bicyclic) bond motifs is 5. The Kier molecular flexibility index (Phi) is 5.65. The van der Waals surface area contributed by atoms with Crippen LogP contribution in [0.3, 0.4) is 0 Å². The first-order chi connectivity index (χ1) is 20.9. The fourth-order valence-electron chi connectivity index (χ4n) is 6.63. The van der Waals surface area contributed by atoms with E-state index in [0.29, 0.717) is 11.1 Å². The molecular formula is C39H27NO2S. The number of hydrogen-bond donors (Lipinski definition) is 0. The van der Waals surface area contributed by atoms with Gasteiger partial charge in [0.05, 0.1) is 11.3 Å². The Morgan fingerprint density at radius 1 is 0.628 bits per heavy atom. The summed E-state index contributed by atoms with van der Waals surface area (Å²) in [5, 5.41) is 2.40. The highest BCUT2D eigenvalue weighted by atomic mass is 32.1. The van der Waals surface area contributed by atoms with E-state index < -0.39 is 0 Å². The Labute approximate surface area is 254 Å². The van der Waals surface area contributed by atoms with Gasteiger partial charge in [0.2, 0.25) is 0 Å². The summed E-state index contributed by atoms with van der Waals surface area (Å²) in [6.45, 7) is 4.52. The summed E-state index contributed by atoms with van der Waals surface area (Å²) in [7, 11) is 0. The van der Waals surface area contributed by atoms with E-state index in [1.54, 1.807) is 41.7 Å². The van der Waals surface area contributed by atoms with Gasteiger partial charge in [-0.25, -0.2) is 0 Å². The first-order valence-corrected chi connectivity index (χ1v) is 15.3. The molecule has 2 aliphatic carbocycles. The second-order valence-electron chi connectivity index (χ2n) is 11.7. The van der Waals surface area contributed by atoms with Gasteiger partial charge in [-0.2, -0.15) is 0 Å². The Morgan fingerprint density at radius 3 is 2.07 bits per heavy atom. The zero-order valence-corrected chi connectivity index (χ0v) is 24.6. The van der Waals surface area contributed by atoms with Gasteiger partial charge < -0.3 is 4.90 Å². The predicted octanol–water partition coefficient (Wildman–Crippen LogP) is 10.1. The number of carbonyl (C=O) groups excluding carboxylic acids is 2. The highest BCUT2D eigenvalue weighted by molar-refractivity contribution is 7.16. The van der Waals surface area contributed by atoms with Crippen LogP contribution in [-0.4, -0.2) is 11.6 Å². The van der Waals surface area contributed by atoms with Crippen LogP contribution in [0.5, 0.6) is 0 Å². The van der Waals surface area contributed by atoms with Gasteiger partial charge in [-0.3, -0.25) is 9.59 Å². The quantitative estimate of drug-likeness (QED) is 0.156. The number of Topliss-reactive ketones (excluding diaryl/α,β-unsaturated/α-hetero) is 2. The normalized spacial score (nSPS) is 14.5. The van der Waals surface area contributed by atoms with Gasteiger partial charge in [-0.15, -0.1) is 11.3 Å². The average Bonchev–Trinajstić information content (AvgIpc) is 3.64. The third-order valence-electron chi connectivity index (χ3n) is 8.82. The van der Waals surface area contributed by atoms with Crippen molar-refractivity contribution in [2.75, 3.05) is 4.90 Å². The van der Waals surface area contributed by atoms with Gasteiger partial charge >= 0.3 is 0 Å². The van der Waals surface area contributed by atoms with Gasteiger partial charge in [0, 0.05) is 43.1 Å². The maximum atomic E-state index is 13.0. The SMILES string of the molecule is CC1(C)c2cc(N(c3ccccc3)c3cccc4ccccc34)ccc2-c2sc(C=C3C(=O)c4ccccc4C3=O)cc21. The maximum Gasteiger partial charge on any atom is 0.197 e. The van der Waals surface area contributed by atoms with Crippen molar-refractivity contribution in [3.05, 3.63) is 154 Å². The third-order valence-corrected chi connectivity index (χ3v) is 9.93. The molecule has 1 heterocycles. The summed E-state index contributed by atoms with van der Waals surface area (Å²) in [4.78, 5) is 30.6. The number of anilines is 3. The molecule has 0 saturated carbocycles. The number of benzene rings is 5. The topological polar surface area (TPSA) is 37.4 Å². The summed E-state index contributed by atoms with van der Waals surface area (Å²) in [6.07, 6.45) is 1.79. The molecule has 206 valence electrons. The molecular weight excluding hydrogens is 547 g/mol. The van der Waals surface area contributed by atoms with Crippen LogP contribution >= 0.6 is 11.3 Å². The minimum absolute atomic E-state index is 0.187. The van der Waals surface area contributed by atoms with Crippen molar-refractivity contribution in [1.82, 2.24) is 0 Å². The number of hydrogen-bond acceptors (Lipinski definition) is 4. The second-order valence-corrected chi connectivity index (χ2v) is 12.8. The van der Waals surface area contributed by atoms with E-state index in [0.717, 1.165) is 21.9 Å². The summed E-state index contributed by atoms with van der Waals surface area (Å²) >= 11 is 1.65. The molecule has 0 bridgehead atoms. The lowest BCUT2D eigenvalue weighted by molar-refractivity contribution is 0.0990. The van der Waals surface area contributed by atoms with Crippen LogP contribution in [0.25, 0.3) is 27.3 Å². The fraction of sp³-hybridized carbons (Fsp3) is 0.0769. The molecule has 4 heteroatoms. The minimum atomic E-state index is -0.248. The molecule has 1 aromatic heterocycles. The van der Waals surface area contributed by atoms with Crippen LogP contribution in [0, 0.1) is 0 Å². The molecule has 0 N–H and O–H groups in total. The first-order valence-electron chi connectivity index (χ1n) is 14.4. The summed E-state index contributed by atoms with van der Waals surface area (Å²) in [5.41, 5.74) is 8.04. The summed E-state index contributed by atoms with van der Waals surface area (Å²) < 4.78 is 0. The number of nitrogens with zero attached hydrogens (tertiary/aromatic N) is 1. The molecule has 0 radical (unpaired) electrons. The fourth-order valence-corrected chi connectivity index (χ4v) is 7.93. The zero-order chi connectivity index (χ0) is 29.3. The number of carbonyl (C=O) groups is 2. The van der Waals surface area contributed by atoms with E-state index in [1.807, 2.05) is 6.07 Å². The number of para-hydroxylation sites is 1. The van der Waals surface area contributed by atoms with E-state index in [9.17, 15) is 9.59 Å². The molecule has 5 aromatic carbocycles. The summed E-state index contributed by atoms with van der Waals surface area (Å²) in [6, 6.07) is 41.5. The Balaban J connectivity index is 1.23. The molecule has 3 nitrogen and oxygen atoms in total. The molecule has 0 fully saturated rings. The average molecular weight is 574 g/mol. The maximum absolute atomic E-state index is 13.0. The largest absolute Gasteiger partial charge is 0.310 e. The highest BCUT2D eigenvalue weighted by Crippen LogP contribution is 2.54. The lowest BCUT2D eigenvalue weighted by Gasteiger charge is -2.29. The zero-order valence-electron chi connectivity index (χ0n) is 23.8. The molecule has 0 unspecified atom stereocenters. The molecule has 0 amide bonds. The lowest BCUT2D eigenvalue weighted by atomic mass is 9.82. The second kappa shape index (κ2) is 9.48. The standard InChI is InChI=1S/C39H27NO2S/c1-39(2)33-21-26(40(25-13-4-3-5-14-25)35-18-10-12-24-11-6-7-15-28(24)35)19-20-31(33)38-34(39)23-27(43-38)22-32-36(41)29-16-8-9-17-30(29)37(32)42/h3-23H,1-2H3. The van der Waals surface area contributed by atoms with Crippen molar-refractivity contribution in [3.8, 4) is 10.4 Å². The van der Waals surface area contributed by atoms with Crippen LogP contribution in [0.15, 0.2) is 127 Å². The molecule has 6 aromatic rings. The highest BCUT2D eigenvalue weighted by Gasteiger charge is 2.39. The van der Waals surface area contributed by atoms with Crippen molar-refractivity contribution in [1.29, 1.82) is 0 Å². The van der Waals surface area contributed by atoms with Gasteiger partial charge in [-0.05, 0) is 64.6 Å².